The van der Waals surface area contributed by atoms with Crippen LogP contribution in [0.1, 0.15) is 45.4 Å². The van der Waals surface area contributed by atoms with Gasteiger partial charge in [-0.2, -0.15) is 0 Å². The van der Waals surface area contributed by atoms with Gasteiger partial charge in [0, 0.05) is 20.1 Å². The van der Waals surface area contributed by atoms with Crippen LogP contribution in [0.25, 0.3) is 11.0 Å². The number of benzene rings is 1. The van der Waals surface area contributed by atoms with Gasteiger partial charge in [0.15, 0.2) is 5.96 Å². The van der Waals surface area contributed by atoms with E-state index in [4.69, 9.17) is 4.98 Å². The highest BCUT2D eigenvalue weighted by atomic mass is 15.2. The highest BCUT2D eigenvalue weighted by Crippen LogP contribution is 2.29. The highest BCUT2D eigenvalue weighted by molar-refractivity contribution is 5.80. The second kappa shape index (κ2) is 7.89. The maximum Gasteiger partial charge on any atom is 0.191 e. The minimum Gasteiger partial charge on any atom is -0.354 e. The summed E-state index contributed by atoms with van der Waals surface area (Å²) in [6.45, 7) is 5.36. The molecule has 136 valence electrons. The molecule has 2 aromatic rings. The van der Waals surface area contributed by atoms with Crippen molar-refractivity contribution >= 4 is 17.0 Å². The fraction of sp³-hybridized carbons (Fsp3) is 0.600. The number of para-hydroxylation sites is 2. The quantitative estimate of drug-likeness (QED) is 0.661. The van der Waals surface area contributed by atoms with E-state index in [-0.39, 0.29) is 0 Å². The number of hydrogen-bond acceptors (Lipinski definition) is 2. The molecule has 0 radical (unpaired) electrons. The summed E-state index contributed by atoms with van der Waals surface area (Å²) in [7, 11) is 3.90. The Bertz CT molecular complexity index is 723. The van der Waals surface area contributed by atoms with Crippen molar-refractivity contribution in [3.63, 3.8) is 0 Å². The number of imidazole rings is 1. The van der Waals surface area contributed by atoms with E-state index in [0.717, 1.165) is 34.7 Å². The second-order valence-corrected chi connectivity index (χ2v) is 7.50. The Morgan fingerprint density at radius 3 is 2.60 bits per heavy atom. The summed E-state index contributed by atoms with van der Waals surface area (Å²) in [6, 6.07) is 8.77. The maximum atomic E-state index is 4.71. The van der Waals surface area contributed by atoms with Gasteiger partial charge in [-0.3, -0.25) is 4.99 Å². The van der Waals surface area contributed by atoms with Gasteiger partial charge in [-0.25, -0.2) is 4.98 Å². The molecule has 0 bridgehead atoms. The van der Waals surface area contributed by atoms with Crippen molar-refractivity contribution < 1.29 is 0 Å². The van der Waals surface area contributed by atoms with E-state index in [1.807, 2.05) is 13.1 Å². The largest absolute Gasteiger partial charge is 0.354 e. The number of aryl methyl sites for hydroxylation is 1. The van der Waals surface area contributed by atoms with Gasteiger partial charge in [-0.1, -0.05) is 26.0 Å². The molecule has 1 aliphatic carbocycles. The Morgan fingerprint density at radius 2 is 1.96 bits per heavy atom. The van der Waals surface area contributed by atoms with E-state index in [9.17, 15) is 0 Å². The molecule has 5 nitrogen and oxygen atoms in total. The normalized spacial score (nSPS) is 21.7. The van der Waals surface area contributed by atoms with Gasteiger partial charge < -0.3 is 15.2 Å². The van der Waals surface area contributed by atoms with E-state index >= 15 is 0 Å². The Kier molecular flexibility index (Phi) is 5.61. The van der Waals surface area contributed by atoms with Crippen molar-refractivity contribution in [2.75, 3.05) is 7.05 Å². The van der Waals surface area contributed by atoms with E-state index in [1.165, 1.54) is 25.7 Å². The summed E-state index contributed by atoms with van der Waals surface area (Å²) < 4.78 is 2.14. The molecule has 5 heteroatoms. The first kappa shape index (κ1) is 17.8. The molecule has 25 heavy (non-hydrogen) atoms. The van der Waals surface area contributed by atoms with Crippen molar-refractivity contribution in [3.05, 3.63) is 30.1 Å². The molecule has 0 amide bonds. The van der Waals surface area contributed by atoms with Crippen molar-refractivity contribution in [3.8, 4) is 0 Å². The lowest BCUT2D eigenvalue weighted by Crippen LogP contribution is -2.45. The van der Waals surface area contributed by atoms with Crippen molar-refractivity contribution in [1.29, 1.82) is 0 Å². The van der Waals surface area contributed by atoms with E-state index in [1.54, 1.807) is 0 Å². The lowest BCUT2D eigenvalue weighted by Gasteiger charge is -2.32. The molecule has 0 saturated heterocycles. The van der Waals surface area contributed by atoms with Crippen LogP contribution in [0.15, 0.2) is 29.3 Å². The monoisotopic (exact) mass is 341 g/mol. The third-order valence-corrected chi connectivity index (χ3v) is 5.57. The standard InChI is InChI=1S/C20H31N5/c1-14(2)15-9-11-16(12-10-15)23-20(21-3)22-13-19-24-17-7-5-6-8-18(17)25(19)4/h5-8,14-16H,9-13H2,1-4H3,(H2,21,22,23). The summed E-state index contributed by atoms with van der Waals surface area (Å²) in [6.07, 6.45) is 5.10. The zero-order valence-corrected chi connectivity index (χ0v) is 15.9. The first-order valence-corrected chi connectivity index (χ1v) is 9.46. The smallest absolute Gasteiger partial charge is 0.191 e. The van der Waals surface area contributed by atoms with Gasteiger partial charge in [0.2, 0.25) is 0 Å². The molecule has 1 heterocycles. The van der Waals surface area contributed by atoms with Crippen LogP contribution in [-0.2, 0) is 13.6 Å². The number of rotatable bonds is 4. The summed E-state index contributed by atoms with van der Waals surface area (Å²) in [5, 5.41) is 7.01. The summed E-state index contributed by atoms with van der Waals surface area (Å²) in [5.41, 5.74) is 2.20. The van der Waals surface area contributed by atoms with Crippen molar-refractivity contribution in [2.45, 2.75) is 52.1 Å². The molecule has 1 saturated carbocycles. The number of guanidine groups is 1. The third-order valence-electron chi connectivity index (χ3n) is 5.57. The predicted molar refractivity (Wildman–Crippen MR) is 105 cm³/mol. The molecule has 1 fully saturated rings. The predicted octanol–water partition coefficient (Wildman–Crippen LogP) is 3.45. The molecule has 0 unspecified atom stereocenters. The van der Waals surface area contributed by atoms with Crippen LogP contribution in [0.4, 0.5) is 0 Å². The number of aromatic nitrogens is 2. The zero-order chi connectivity index (χ0) is 17.8. The fourth-order valence-electron chi connectivity index (χ4n) is 3.83. The maximum absolute atomic E-state index is 4.71. The Hall–Kier alpha value is -2.04. The summed E-state index contributed by atoms with van der Waals surface area (Å²) in [5.74, 6) is 3.58. The Labute approximate surface area is 150 Å². The third kappa shape index (κ3) is 4.14. The van der Waals surface area contributed by atoms with Gasteiger partial charge in [-0.05, 0) is 49.7 Å². The molecule has 3 rings (SSSR count). The van der Waals surface area contributed by atoms with Gasteiger partial charge in [0.25, 0.3) is 0 Å². The highest BCUT2D eigenvalue weighted by Gasteiger charge is 2.23. The lowest BCUT2D eigenvalue weighted by atomic mass is 9.80. The van der Waals surface area contributed by atoms with Gasteiger partial charge in [0.1, 0.15) is 5.82 Å². The summed E-state index contributed by atoms with van der Waals surface area (Å²) >= 11 is 0. The van der Waals surface area contributed by atoms with Crippen LogP contribution >= 0.6 is 0 Å². The minimum absolute atomic E-state index is 0.529. The van der Waals surface area contributed by atoms with E-state index in [2.05, 4.69) is 59.3 Å². The lowest BCUT2D eigenvalue weighted by molar-refractivity contribution is 0.250. The molecule has 0 atom stereocenters. The number of nitrogens with zero attached hydrogens (tertiary/aromatic N) is 3. The average Bonchev–Trinajstić information content (AvgIpc) is 2.95. The van der Waals surface area contributed by atoms with Crippen molar-refractivity contribution in [2.24, 2.45) is 23.9 Å². The second-order valence-electron chi connectivity index (χ2n) is 7.50. The first-order valence-electron chi connectivity index (χ1n) is 9.46. The first-order chi connectivity index (χ1) is 12.1. The topological polar surface area (TPSA) is 54.2 Å². The van der Waals surface area contributed by atoms with Crippen molar-refractivity contribution in [1.82, 2.24) is 20.2 Å². The van der Waals surface area contributed by atoms with Gasteiger partial charge >= 0.3 is 0 Å². The molecule has 0 spiro atoms. The average molecular weight is 342 g/mol. The number of hydrogen-bond donors (Lipinski definition) is 2. The molecule has 1 aromatic heterocycles. The molecule has 0 aliphatic heterocycles. The number of nitrogens with one attached hydrogen (secondary N) is 2. The molecule has 2 N–H and O–H groups in total. The zero-order valence-electron chi connectivity index (χ0n) is 15.9. The number of fused-ring (bicyclic) bond motifs is 1. The van der Waals surface area contributed by atoms with E-state index in [0.29, 0.717) is 12.6 Å². The van der Waals surface area contributed by atoms with Crippen LogP contribution in [0.5, 0.6) is 0 Å². The Morgan fingerprint density at radius 1 is 1.24 bits per heavy atom. The molecular weight excluding hydrogens is 310 g/mol. The SMILES string of the molecule is CN=C(NCc1nc2ccccc2n1C)NC1CCC(C(C)C)CC1. The van der Waals surface area contributed by atoms with Crippen LogP contribution in [-0.4, -0.2) is 28.6 Å². The van der Waals surface area contributed by atoms with E-state index < -0.39 is 0 Å². The fourth-order valence-corrected chi connectivity index (χ4v) is 3.83. The van der Waals surface area contributed by atoms with Crippen LogP contribution in [0, 0.1) is 11.8 Å². The minimum atomic E-state index is 0.529. The Balaban J connectivity index is 1.55. The molecule has 1 aliphatic rings. The van der Waals surface area contributed by atoms with Crippen LogP contribution < -0.4 is 10.6 Å². The van der Waals surface area contributed by atoms with Crippen LogP contribution in [0.3, 0.4) is 0 Å². The van der Waals surface area contributed by atoms with Crippen LogP contribution in [0.2, 0.25) is 0 Å². The molecular formula is C20H31N5. The molecule has 1 aromatic carbocycles. The summed E-state index contributed by atoms with van der Waals surface area (Å²) in [4.78, 5) is 9.10. The number of aliphatic imine (C=N–C) groups is 1. The van der Waals surface area contributed by atoms with Gasteiger partial charge in [-0.15, -0.1) is 0 Å². The van der Waals surface area contributed by atoms with Gasteiger partial charge in [0.05, 0.1) is 17.6 Å².